The van der Waals surface area contributed by atoms with Gasteiger partial charge < -0.3 is 4.90 Å². The summed E-state index contributed by atoms with van der Waals surface area (Å²) in [6, 6.07) is 0.904. The molecule has 2 aliphatic rings. The third kappa shape index (κ3) is 1.98. The Morgan fingerprint density at radius 2 is 1.79 bits per heavy atom. The zero-order valence-corrected chi connectivity index (χ0v) is 9.89. The molecular formula is C13H25N. The Hall–Kier alpha value is -0.0400. The van der Waals surface area contributed by atoms with Crippen molar-refractivity contribution in [2.45, 2.75) is 64.3 Å². The minimum absolute atomic E-state index is 0.837. The van der Waals surface area contributed by atoms with Crippen LogP contribution in [0.2, 0.25) is 0 Å². The molecule has 0 N–H and O–H groups in total. The monoisotopic (exact) mass is 195 g/mol. The largest absolute Gasteiger partial charge is 0.303 e. The fraction of sp³-hybridized carbons (Fsp3) is 1.00. The fourth-order valence-electron chi connectivity index (χ4n) is 3.37. The van der Waals surface area contributed by atoms with E-state index in [-0.39, 0.29) is 0 Å². The Balaban J connectivity index is 1.77. The molecule has 0 bridgehead atoms. The molecule has 0 amide bonds. The van der Waals surface area contributed by atoms with Gasteiger partial charge in [0.1, 0.15) is 0 Å². The summed E-state index contributed by atoms with van der Waals surface area (Å²) in [6.07, 6.45) is 11.9. The Morgan fingerprint density at radius 1 is 1.14 bits per heavy atom. The second-order valence-corrected chi connectivity index (χ2v) is 5.57. The van der Waals surface area contributed by atoms with Crippen LogP contribution >= 0.6 is 0 Å². The van der Waals surface area contributed by atoms with Gasteiger partial charge in [0, 0.05) is 6.04 Å². The standard InChI is InChI=1S/C13H25N/c1-3-11-14(2)12-5-9-13(10-6-12)7-4-8-13/h12H,3-11H2,1-2H3. The van der Waals surface area contributed by atoms with Crippen molar-refractivity contribution in [3.05, 3.63) is 0 Å². The van der Waals surface area contributed by atoms with Crippen LogP contribution in [-0.2, 0) is 0 Å². The SMILES string of the molecule is CCCN(C)C1CCC2(CCC2)CC1. The number of hydrogen-bond acceptors (Lipinski definition) is 1. The molecule has 0 atom stereocenters. The normalized spacial score (nSPS) is 26.8. The van der Waals surface area contributed by atoms with Gasteiger partial charge in [-0.05, 0) is 64.0 Å². The lowest BCUT2D eigenvalue weighted by Gasteiger charge is -2.48. The van der Waals surface area contributed by atoms with Gasteiger partial charge >= 0.3 is 0 Å². The number of rotatable bonds is 3. The molecule has 1 spiro atoms. The van der Waals surface area contributed by atoms with E-state index in [1.807, 2.05) is 0 Å². The molecular weight excluding hydrogens is 170 g/mol. The minimum Gasteiger partial charge on any atom is -0.303 e. The highest BCUT2D eigenvalue weighted by molar-refractivity contribution is 4.93. The van der Waals surface area contributed by atoms with Crippen LogP contribution in [0.4, 0.5) is 0 Å². The van der Waals surface area contributed by atoms with E-state index < -0.39 is 0 Å². The molecule has 0 aliphatic heterocycles. The summed E-state index contributed by atoms with van der Waals surface area (Å²) >= 11 is 0. The van der Waals surface area contributed by atoms with Crippen molar-refractivity contribution in [1.82, 2.24) is 4.90 Å². The van der Waals surface area contributed by atoms with Crippen molar-refractivity contribution >= 4 is 0 Å². The maximum absolute atomic E-state index is 2.59. The van der Waals surface area contributed by atoms with Crippen LogP contribution < -0.4 is 0 Å². The molecule has 0 unspecified atom stereocenters. The van der Waals surface area contributed by atoms with Gasteiger partial charge in [0.25, 0.3) is 0 Å². The zero-order valence-electron chi connectivity index (χ0n) is 9.89. The van der Waals surface area contributed by atoms with Crippen molar-refractivity contribution in [3.8, 4) is 0 Å². The van der Waals surface area contributed by atoms with E-state index in [1.165, 1.54) is 57.9 Å². The van der Waals surface area contributed by atoms with Gasteiger partial charge in [-0.25, -0.2) is 0 Å². The van der Waals surface area contributed by atoms with Crippen molar-refractivity contribution in [2.24, 2.45) is 5.41 Å². The summed E-state index contributed by atoms with van der Waals surface area (Å²) in [5.41, 5.74) is 0.837. The van der Waals surface area contributed by atoms with Crippen LogP contribution in [0.3, 0.4) is 0 Å². The maximum Gasteiger partial charge on any atom is 0.00926 e. The van der Waals surface area contributed by atoms with Gasteiger partial charge in [0.15, 0.2) is 0 Å². The predicted octanol–water partition coefficient (Wildman–Crippen LogP) is 3.44. The Kier molecular flexibility index (Phi) is 3.16. The van der Waals surface area contributed by atoms with Gasteiger partial charge in [0.2, 0.25) is 0 Å². The van der Waals surface area contributed by atoms with Gasteiger partial charge in [-0.3, -0.25) is 0 Å². The summed E-state index contributed by atoms with van der Waals surface area (Å²) < 4.78 is 0. The van der Waals surface area contributed by atoms with Gasteiger partial charge in [-0.1, -0.05) is 13.3 Å². The maximum atomic E-state index is 2.59. The molecule has 0 heterocycles. The highest BCUT2D eigenvalue weighted by Gasteiger charge is 2.40. The topological polar surface area (TPSA) is 3.24 Å². The van der Waals surface area contributed by atoms with Crippen molar-refractivity contribution < 1.29 is 0 Å². The first kappa shape index (κ1) is 10.5. The lowest BCUT2D eigenvalue weighted by molar-refractivity contribution is 0.0380. The van der Waals surface area contributed by atoms with Gasteiger partial charge in [0.05, 0.1) is 0 Å². The minimum atomic E-state index is 0.837. The van der Waals surface area contributed by atoms with Crippen LogP contribution in [0.25, 0.3) is 0 Å². The molecule has 1 nitrogen and oxygen atoms in total. The van der Waals surface area contributed by atoms with Crippen LogP contribution in [0.5, 0.6) is 0 Å². The molecule has 2 rings (SSSR count). The first-order valence-electron chi connectivity index (χ1n) is 6.46. The third-order valence-corrected chi connectivity index (χ3v) is 4.63. The smallest absolute Gasteiger partial charge is 0.00926 e. The molecule has 2 saturated carbocycles. The third-order valence-electron chi connectivity index (χ3n) is 4.63. The van der Waals surface area contributed by atoms with E-state index in [2.05, 4.69) is 18.9 Å². The highest BCUT2D eigenvalue weighted by Crippen LogP contribution is 2.51. The van der Waals surface area contributed by atoms with Crippen LogP contribution in [0.15, 0.2) is 0 Å². The first-order valence-corrected chi connectivity index (χ1v) is 6.46. The molecule has 0 radical (unpaired) electrons. The molecule has 1 heteroatoms. The van der Waals surface area contributed by atoms with E-state index in [0.717, 1.165) is 11.5 Å². The Bertz CT molecular complexity index is 174. The number of hydrogen-bond donors (Lipinski definition) is 0. The van der Waals surface area contributed by atoms with Gasteiger partial charge in [-0.15, -0.1) is 0 Å². The van der Waals surface area contributed by atoms with E-state index in [1.54, 1.807) is 0 Å². The average molecular weight is 195 g/mol. The molecule has 2 fully saturated rings. The molecule has 2 aliphatic carbocycles. The van der Waals surface area contributed by atoms with Crippen LogP contribution in [0, 0.1) is 5.41 Å². The number of nitrogens with zero attached hydrogens (tertiary/aromatic N) is 1. The molecule has 0 aromatic heterocycles. The quantitative estimate of drug-likeness (QED) is 0.667. The molecule has 82 valence electrons. The van der Waals surface area contributed by atoms with E-state index in [0.29, 0.717) is 0 Å². The summed E-state index contributed by atoms with van der Waals surface area (Å²) in [7, 11) is 2.31. The summed E-state index contributed by atoms with van der Waals surface area (Å²) in [5.74, 6) is 0. The summed E-state index contributed by atoms with van der Waals surface area (Å²) in [6.45, 7) is 3.57. The van der Waals surface area contributed by atoms with Crippen LogP contribution in [0.1, 0.15) is 58.3 Å². The lowest BCUT2D eigenvalue weighted by Crippen LogP contribution is -2.41. The Morgan fingerprint density at radius 3 is 2.21 bits per heavy atom. The molecule has 0 aromatic carbocycles. The van der Waals surface area contributed by atoms with E-state index >= 15 is 0 Å². The highest BCUT2D eigenvalue weighted by atomic mass is 15.1. The van der Waals surface area contributed by atoms with E-state index in [4.69, 9.17) is 0 Å². The van der Waals surface area contributed by atoms with Crippen molar-refractivity contribution in [2.75, 3.05) is 13.6 Å². The Labute approximate surface area is 88.9 Å². The van der Waals surface area contributed by atoms with Crippen molar-refractivity contribution in [1.29, 1.82) is 0 Å². The van der Waals surface area contributed by atoms with Crippen molar-refractivity contribution in [3.63, 3.8) is 0 Å². The molecule has 0 aromatic rings. The summed E-state index contributed by atoms with van der Waals surface area (Å²) in [4.78, 5) is 2.59. The summed E-state index contributed by atoms with van der Waals surface area (Å²) in [5, 5.41) is 0. The lowest BCUT2D eigenvalue weighted by atomic mass is 9.60. The second kappa shape index (κ2) is 4.22. The second-order valence-electron chi connectivity index (χ2n) is 5.57. The zero-order chi connectivity index (χ0) is 10.0. The fourth-order valence-corrected chi connectivity index (χ4v) is 3.37. The van der Waals surface area contributed by atoms with Gasteiger partial charge in [-0.2, -0.15) is 0 Å². The first-order chi connectivity index (χ1) is 6.76. The van der Waals surface area contributed by atoms with Crippen LogP contribution in [-0.4, -0.2) is 24.5 Å². The predicted molar refractivity (Wildman–Crippen MR) is 61.5 cm³/mol. The van der Waals surface area contributed by atoms with E-state index in [9.17, 15) is 0 Å². The molecule has 14 heavy (non-hydrogen) atoms. The average Bonchev–Trinajstić information content (AvgIpc) is 2.16. The molecule has 0 saturated heterocycles.